The van der Waals surface area contributed by atoms with E-state index in [0.29, 0.717) is 125 Å². The number of alkyl halides is 3. The molecule has 0 bridgehead atoms. The third kappa shape index (κ3) is 16.8. The van der Waals surface area contributed by atoms with Crippen LogP contribution in [0.4, 0.5) is 24.5 Å². The number of hydrogen-bond acceptors (Lipinski definition) is 16. The number of unbranched alkanes of at least 4 members (excludes halogenated alkanes) is 4. The number of anilines is 2. The van der Waals surface area contributed by atoms with E-state index in [1.165, 1.54) is 18.3 Å². The Morgan fingerprint density at radius 2 is 1.64 bits per heavy atom. The van der Waals surface area contributed by atoms with Crippen molar-refractivity contribution in [2.75, 3.05) is 89.8 Å². The number of morpholine rings is 1. The van der Waals surface area contributed by atoms with Crippen LogP contribution in [0.2, 0.25) is 0 Å². The number of aldehydes is 1. The maximum Gasteiger partial charge on any atom is 0.416 e. The quantitative estimate of drug-likeness (QED) is 0.0285. The Hall–Kier alpha value is -6.85. The predicted molar refractivity (Wildman–Crippen MR) is 269 cm³/mol. The molecule has 0 radical (unpaired) electrons. The number of benzene rings is 2. The number of aromatic nitrogens is 5. The van der Waals surface area contributed by atoms with Crippen molar-refractivity contribution >= 4 is 35.4 Å². The summed E-state index contributed by atoms with van der Waals surface area (Å²) < 4.78 is 76.6. The summed E-state index contributed by atoms with van der Waals surface area (Å²) in [6, 6.07) is 12.8. The number of hydrogen-bond donors (Lipinski definition) is 2. The number of aryl methyl sites for hydroxylation is 2. The van der Waals surface area contributed by atoms with Gasteiger partial charge in [0.1, 0.15) is 23.7 Å². The molecule has 0 saturated carbocycles. The zero-order valence-electron chi connectivity index (χ0n) is 42.3. The molecule has 0 aliphatic carbocycles. The Kier molecular flexibility index (Phi) is 21.0. The number of pyridine rings is 2. The number of imide groups is 1. The molecule has 7 rings (SSSR count). The average molecular weight is 1040 g/mol. The van der Waals surface area contributed by atoms with Gasteiger partial charge in [0, 0.05) is 72.3 Å². The third-order valence-corrected chi connectivity index (χ3v) is 12.6. The summed E-state index contributed by atoms with van der Waals surface area (Å²) in [6.07, 6.45) is 6.75. The molecular formula is C53H64F3N9O10. The smallest absolute Gasteiger partial charge is 0.416 e. The maximum atomic E-state index is 13.3. The van der Waals surface area contributed by atoms with Crippen molar-refractivity contribution in [2.24, 2.45) is 0 Å². The minimum Gasteiger partial charge on any atom is -0.493 e. The lowest BCUT2D eigenvalue weighted by Gasteiger charge is -2.30. The van der Waals surface area contributed by atoms with Gasteiger partial charge < -0.3 is 38.6 Å². The zero-order chi connectivity index (χ0) is 53.0. The fourth-order valence-electron chi connectivity index (χ4n) is 8.54. The van der Waals surface area contributed by atoms with E-state index in [1.807, 2.05) is 41.9 Å². The number of piperidine rings is 1. The third-order valence-electron chi connectivity index (χ3n) is 12.6. The molecule has 2 N–H and O–H groups in total. The summed E-state index contributed by atoms with van der Waals surface area (Å²) in [5.41, 5.74) is 4.03. The molecule has 22 heteroatoms. The van der Waals surface area contributed by atoms with E-state index < -0.39 is 23.7 Å². The highest BCUT2D eigenvalue weighted by Gasteiger charge is 2.32. The van der Waals surface area contributed by atoms with Crippen molar-refractivity contribution in [3.8, 4) is 22.8 Å². The first-order chi connectivity index (χ1) is 36.4. The molecule has 1 atom stereocenters. The molecule has 2 aromatic carbocycles. The van der Waals surface area contributed by atoms with E-state index in [9.17, 15) is 32.3 Å². The molecule has 2 fully saturated rings. The first-order valence-corrected chi connectivity index (χ1v) is 25.1. The summed E-state index contributed by atoms with van der Waals surface area (Å²) in [4.78, 5) is 61.8. The highest BCUT2D eigenvalue weighted by atomic mass is 19.4. The standard InChI is InChI=1S/C53H64F3N9O10/c1-37-44(30-42(32-57-37)59-50(68)38-10-8-12-41(28-38)53(54,55)56)40-29-47(64-17-20-70-21-18-64)52(58-31-40)75-27-26-72-23-22-71-24-25-73-36-43-33-65(62-61-43)16-6-4-3-5-7-19-74-48-13-9-11-39(35-66)45(48)34-63(2)46-14-15-49(67)60-51(46)69/h8-13,28-33,35,46H,3-7,14-27,34,36H2,1-2H3,(H,59,68)(H,60,67,69). The molecule has 1 unspecified atom stereocenters. The van der Waals surface area contributed by atoms with Gasteiger partial charge >= 0.3 is 6.18 Å². The monoisotopic (exact) mass is 1040 g/mol. The number of carbonyl (C=O) groups excluding carboxylic acids is 4. The number of rotatable bonds is 29. The summed E-state index contributed by atoms with van der Waals surface area (Å²) in [5.74, 6) is -0.252. The number of nitrogens with one attached hydrogen (secondary N) is 2. The van der Waals surface area contributed by atoms with Crippen LogP contribution in [0.1, 0.15) is 88.2 Å². The molecule has 5 aromatic rings. The minimum absolute atomic E-state index is 0.131. The first-order valence-electron chi connectivity index (χ1n) is 25.1. The lowest BCUT2D eigenvalue weighted by Crippen LogP contribution is -2.51. The molecule has 3 amide bonds. The largest absolute Gasteiger partial charge is 0.493 e. The molecule has 0 spiro atoms. The lowest BCUT2D eigenvalue weighted by molar-refractivity contribution is -0.138. The van der Waals surface area contributed by atoms with E-state index >= 15 is 0 Å². The number of carbonyl (C=O) groups is 4. The fourth-order valence-corrected chi connectivity index (χ4v) is 8.54. The van der Waals surface area contributed by atoms with Gasteiger partial charge in [0.25, 0.3) is 5.91 Å². The second-order valence-corrected chi connectivity index (χ2v) is 18.1. The molecule has 2 aliphatic heterocycles. The van der Waals surface area contributed by atoms with Gasteiger partial charge in [-0.05, 0) is 69.6 Å². The Morgan fingerprint density at radius 1 is 0.893 bits per heavy atom. The second kappa shape index (κ2) is 28.2. The molecule has 3 aromatic heterocycles. The number of amides is 3. The van der Waals surface area contributed by atoms with E-state index in [0.717, 1.165) is 74.0 Å². The normalized spacial score (nSPS) is 15.0. The average Bonchev–Trinajstić information content (AvgIpc) is 3.86. The number of likely N-dealkylation sites (N-methyl/N-ethyl adjacent to an activating group) is 1. The van der Waals surface area contributed by atoms with Crippen molar-refractivity contribution in [2.45, 2.75) is 83.8 Å². The SMILES string of the molecule is Cc1ncc(NC(=O)c2cccc(C(F)(F)F)c2)cc1-c1cnc(OCCOCCOCCOCc2cn(CCCCCCCOc3cccc(C=O)c3CN(C)C3CCC(=O)NC3=O)nn2)c(N2CCOCC2)c1. The van der Waals surface area contributed by atoms with E-state index in [-0.39, 0.29) is 30.4 Å². The minimum atomic E-state index is -4.58. The molecular weight excluding hydrogens is 980 g/mol. The summed E-state index contributed by atoms with van der Waals surface area (Å²) in [5, 5.41) is 13.5. The molecule has 5 heterocycles. The summed E-state index contributed by atoms with van der Waals surface area (Å²) in [6.45, 7) is 8.03. The van der Waals surface area contributed by atoms with Crippen LogP contribution in [0.3, 0.4) is 0 Å². The Labute approximate surface area is 433 Å². The topological polar surface area (TPSA) is 211 Å². The van der Waals surface area contributed by atoms with Crippen LogP contribution in [-0.2, 0) is 54.4 Å². The number of halogens is 3. The zero-order valence-corrected chi connectivity index (χ0v) is 42.3. The van der Waals surface area contributed by atoms with Gasteiger partial charge in [-0.3, -0.25) is 39.1 Å². The highest BCUT2D eigenvalue weighted by molar-refractivity contribution is 6.04. The number of ether oxygens (including phenoxy) is 6. The van der Waals surface area contributed by atoms with Gasteiger partial charge in [-0.2, -0.15) is 13.2 Å². The van der Waals surface area contributed by atoms with Crippen LogP contribution in [0.25, 0.3) is 11.1 Å². The molecule has 75 heavy (non-hydrogen) atoms. The molecule has 402 valence electrons. The summed E-state index contributed by atoms with van der Waals surface area (Å²) >= 11 is 0. The van der Waals surface area contributed by atoms with Crippen molar-refractivity contribution in [3.63, 3.8) is 0 Å². The molecule has 2 saturated heterocycles. The van der Waals surface area contributed by atoms with E-state index in [1.54, 1.807) is 24.4 Å². The van der Waals surface area contributed by atoms with Crippen molar-refractivity contribution in [3.05, 3.63) is 107 Å². The van der Waals surface area contributed by atoms with Crippen molar-refractivity contribution in [1.29, 1.82) is 0 Å². The van der Waals surface area contributed by atoms with Crippen molar-refractivity contribution in [1.82, 2.24) is 35.2 Å². The van der Waals surface area contributed by atoms with Crippen LogP contribution in [0.5, 0.6) is 11.6 Å². The Bertz CT molecular complexity index is 2680. The van der Waals surface area contributed by atoms with Crippen LogP contribution < -0.4 is 25.0 Å². The van der Waals surface area contributed by atoms with Gasteiger partial charge in [0.05, 0.1) is 89.1 Å². The number of nitrogens with zero attached hydrogens (tertiary/aromatic N) is 7. The maximum absolute atomic E-state index is 13.3. The van der Waals surface area contributed by atoms with Gasteiger partial charge in [-0.1, -0.05) is 42.7 Å². The van der Waals surface area contributed by atoms with Crippen LogP contribution in [-0.4, -0.2) is 140 Å². The van der Waals surface area contributed by atoms with Gasteiger partial charge in [-0.25, -0.2) is 4.98 Å². The fraction of sp³-hybridized carbons (Fsp3) is 0.472. The predicted octanol–water partition coefficient (Wildman–Crippen LogP) is 6.86. The highest BCUT2D eigenvalue weighted by Crippen LogP contribution is 2.35. The van der Waals surface area contributed by atoms with Gasteiger partial charge in [-0.15, -0.1) is 5.10 Å². The van der Waals surface area contributed by atoms with E-state index in [2.05, 4.69) is 35.8 Å². The van der Waals surface area contributed by atoms with Crippen LogP contribution in [0.15, 0.2) is 73.2 Å². The second-order valence-electron chi connectivity index (χ2n) is 18.1. The Morgan fingerprint density at radius 3 is 2.41 bits per heavy atom. The van der Waals surface area contributed by atoms with Gasteiger partial charge in [0.15, 0.2) is 6.29 Å². The van der Waals surface area contributed by atoms with Crippen LogP contribution in [0, 0.1) is 6.92 Å². The summed E-state index contributed by atoms with van der Waals surface area (Å²) in [7, 11) is 1.81. The van der Waals surface area contributed by atoms with E-state index in [4.69, 9.17) is 28.4 Å². The molecule has 2 aliphatic rings. The molecule has 19 nitrogen and oxygen atoms in total. The van der Waals surface area contributed by atoms with Crippen LogP contribution >= 0.6 is 0 Å². The van der Waals surface area contributed by atoms with Gasteiger partial charge in [0.2, 0.25) is 17.7 Å². The van der Waals surface area contributed by atoms with Crippen molar-refractivity contribution < 1.29 is 60.8 Å². The first kappa shape index (κ1) is 55.9. The Balaban J connectivity index is 0.741. The lowest BCUT2D eigenvalue weighted by atomic mass is 10.0.